The smallest absolute Gasteiger partial charge is 0.435 e. The summed E-state index contributed by atoms with van der Waals surface area (Å²) in [7, 11) is 0. The Morgan fingerprint density at radius 2 is 2.00 bits per heavy atom. The maximum atomic E-state index is 12.3. The summed E-state index contributed by atoms with van der Waals surface area (Å²) in [6, 6.07) is 15.6. The van der Waals surface area contributed by atoms with Crippen LogP contribution in [0.25, 0.3) is 22.2 Å². The van der Waals surface area contributed by atoms with Gasteiger partial charge in [0.15, 0.2) is 0 Å². The number of fused-ring (bicyclic) bond motifs is 1. The SMILES string of the molecule is CC(C)(C)OC(=O)n1ncc2cc(C=NNc3nc(-c4ccccc4)cs3)ccc21. The Morgan fingerprint density at radius 1 is 1.20 bits per heavy atom. The van der Waals surface area contributed by atoms with E-state index in [1.165, 1.54) is 16.0 Å². The quantitative estimate of drug-likeness (QED) is 0.354. The largest absolute Gasteiger partial charge is 0.442 e. The summed E-state index contributed by atoms with van der Waals surface area (Å²) < 4.78 is 6.65. The lowest BCUT2D eigenvalue weighted by atomic mass is 10.2. The van der Waals surface area contributed by atoms with Gasteiger partial charge >= 0.3 is 6.09 Å². The van der Waals surface area contributed by atoms with E-state index in [0.717, 1.165) is 22.2 Å². The molecule has 30 heavy (non-hydrogen) atoms. The third kappa shape index (κ3) is 4.55. The predicted molar refractivity (Wildman–Crippen MR) is 120 cm³/mol. The van der Waals surface area contributed by atoms with E-state index < -0.39 is 11.7 Å². The molecule has 0 radical (unpaired) electrons. The van der Waals surface area contributed by atoms with Gasteiger partial charge < -0.3 is 4.74 Å². The third-order valence-electron chi connectivity index (χ3n) is 4.11. The molecular formula is C22H21N5O2S. The first-order valence-electron chi connectivity index (χ1n) is 9.40. The van der Waals surface area contributed by atoms with Crippen LogP contribution in [0.2, 0.25) is 0 Å². The second-order valence-corrected chi connectivity index (χ2v) is 8.49. The van der Waals surface area contributed by atoms with Crippen LogP contribution in [0.1, 0.15) is 26.3 Å². The molecule has 8 heteroatoms. The molecule has 0 atom stereocenters. The maximum Gasteiger partial charge on any atom is 0.435 e. The van der Waals surface area contributed by atoms with Crippen LogP contribution >= 0.6 is 11.3 Å². The lowest BCUT2D eigenvalue weighted by Gasteiger charge is -2.19. The zero-order chi connectivity index (χ0) is 21.1. The van der Waals surface area contributed by atoms with Crippen LogP contribution in [0.4, 0.5) is 9.93 Å². The molecule has 0 fully saturated rings. The van der Waals surface area contributed by atoms with Crippen molar-refractivity contribution >= 4 is 39.7 Å². The molecule has 0 aliphatic carbocycles. The highest BCUT2D eigenvalue weighted by Gasteiger charge is 2.19. The number of benzene rings is 2. The molecule has 2 aromatic heterocycles. The van der Waals surface area contributed by atoms with E-state index in [4.69, 9.17) is 4.74 Å². The van der Waals surface area contributed by atoms with Crippen molar-refractivity contribution < 1.29 is 9.53 Å². The third-order valence-corrected chi connectivity index (χ3v) is 4.85. The lowest BCUT2D eigenvalue weighted by Crippen LogP contribution is -2.27. The Hall–Kier alpha value is -3.52. The molecule has 0 saturated carbocycles. The van der Waals surface area contributed by atoms with Gasteiger partial charge in [-0.25, -0.2) is 9.78 Å². The molecule has 4 rings (SSSR count). The zero-order valence-corrected chi connectivity index (χ0v) is 17.7. The Morgan fingerprint density at radius 3 is 2.77 bits per heavy atom. The van der Waals surface area contributed by atoms with Crippen LogP contribution in [0.5, 0.6) is 0 Å². The molecule has 0 unspecified atom stereocenters. The summed E-state index contributed by atoms with van der Waals surface area (Å²) in [6.07, 6.45) is 2.84. The summed E-state index contributed by atoms with van der Waals surface area (Å²) in [5.41, 5.74) is 5.92. The van der Waals surface area contributed by atoms with E-state index in [0.29, 0.717) is 10.6 Å². The number of carbonyl (C=O) groups is 1. The number of hydrogen-bond acceptors (Lipinski definition) is 7. The Labute approximate surface area is 178 Å². The predicted octanol–water partition coefficient (Wildman–Crippen LogP) is 5.39. The minimum atomic E-state index is -0.580. The first-order chi connectivity index (χ1) is 14.4. The second kappa shape index (κ2) is 8.08. The van der Waals surface area contributed by atoms with E-state index in [9.17, 15) is 4.79 Å². The number of aromatic nitrogens is 3. The zero-order valence-electron chi connectivity index (χ0n) is 16.9. The van der Waals surface area contributed by atoms with Crippen molar-refractivity contribution in [1.29, 1.82) is 0 Å². The van der Waals surface area contributed by atoms with Gasteiger partial charge in [0.25, 0.3) is 0 Å². The van der Waals surface area contributed by atoms with Crippen molar-refractivity contribution in [2.75, 3.05) is 5.43 Å². The average Bonchev–Trinajstić information content (AvgIpc) is 3.34. The van der Waals surface area contributed by atoms with Crippen molar-refractivity contribution in [2.45, 2.75) is 26.4 Å². The highest BCUT2D eigenvalue weighted by atomic mass is 32.1. The van der Waals surface area contributed by atoms with Gasteiger partial charge in [0.1, 0.15) is 5.60 Å². The molecule has 1 N–H and O–H groups in total. The molecule has 0 saturated heterocycles. The number of hydrazone groups is 1. The van der Waals surface area contributed by atoms with Crippen molar-refractivity contribution in [1.82, 2.24) is 14.8 Å². The normalized spacial score (nSPS) is 11.8. The van der Waals surface area contributed by atoms with Crippen LogP contribution in [0, 0.1) is 0 Å². The van der Waals surface area contributed by atoms with E-state index in [1.54, 1.807) is 12.4 Å². The lowest BCUT2D eigenvalue weighted by molar-refractivity contribution is 0.0522. The Bertz CT molecular complexity index is 1210. The monoisotopic (exact) mass is 419 g/mol. The number of nitrogens with one attached hydrogen (secondary N) is 1. The van der Waals surface area contributed by atoms with Gasteiger partial charge in [-0.15, -0.1) is 11.3 Å². The fraction of sp³-hybridized carbons (Fsp3) is 0.182. The fourth-order valence-electron chi connectivity index (χ4n) is 2.81. The topological polar surface area (TPSA) is 81.4 Å². The van der Waals surface area contributed by atoms with Gasteiger partial charge in [0.05, 0.1) is 23.6 Å². The van der Waals surface area contributed by atoms with Gasteiger partial charge in [0.2, 0.25) is 5.13 Å². The fourth-order valence-corrected chi connectivity index (χ4v) is 3.48. The molecule has 2 aromatic carbocycles. The molecule has 0 spiro atoms. The van der Waals surface area contributed by atoms with Gasteiger partial charge in [-0.3, -0.25) is 5.43 Å². The number of thiazole rings is 1. The number of nitrogens with zero attached hydrogens (tertiary/aromatic N) is 4. The molecule has 0 bridgehead atoms. The Balaban J connectivity index is 1.45. The second-order valence-electron chi connectivity index (χ2n) is 7.63. The molecule has 152 valence electrons. The van der Waals surface area contributed by atoms with E-state index in [-0.39, 0.29) is 0 Å². The first kappa shape index (κ1) is 19.8. The summed E-state index contributed by atoms with van der Waals surface area (Å²) in [5, 5.41) is 12.0. The maximum absolute atomic E-state index is 12.3. The number of anilines is 1. The van der Waals surface area contributed by atoms with Gasteiger partial charge in [-0.05, 0) is 38.5 Å². The molecule has 0 aliphatic heterocycles. The summed E-state index contributed by atoms with van der Waals surface area (Å²) in [6.45, 7) is 5.47. The average molecular weight is 420 g/mol. The van der Waals surface area contributed by atoms with Crippen LogP contribution in [-0.2, 0) is 4.74 Å². The van der Waals surface area contributed by atoms with Gasteiger partial charge in [-0.1, -0.05) is 36.4 Å². The minimum absolute atomic E-state index is 0.501. The van der Waals surface area contributed by atoms with Crippen molar-refractivity contribution in [3.8, 4) is 11.3 Å². The Kier molecular flexibility index (Phi) is 5.33. The van der Waals surface area contributed by atoms with Crippen LogP contribution in [-0.4, -0.2) is 32.7 Å². The number of rotatable bonds is 4. The van der Waals surface area contributed by atoms with Gasteiger partial charge in [-0.2, -0.15) is 14.9 Å². The highest BCUT2D eigenvalue weighted by molar-refractivity contribution is 7.14. The number of ether oxygens (including phenoxy) is 1. The van der Waals surface area contributed by atoms with Crippen molar-refractivity contribution in [3.05, 3.63) is 65.7 Å². The van der Waals surface area contributed by atoms with E-state index in [2.05, 4.69) is 20.6 Å². The number of hydrogen-bond donors (Lipinski definition) is 1. The van der Waals surface area contributed by atoms with Crippen LogP contribution < -0.4 is 5.43 Å². The minimum Gasteiger partial charge on any atom is -0.442 e. The summed E-state index contributed by atoms with van der Waals surface area (Å²) >= 11 is 1.49. The van der Waals surface area contributed by atoms with Crippen LogP contribution in [0.3, 0.4) is 0 Å². The van der Waals surface area contributed by atoms with Gasteiger partial charge in [0, 0.05) is 16.3 Å². The number of carbonyl (C=O) groups excluding carboxylic acids is 1. The van der Waals surface area contributed by atoms with E-state index in [1.807, 2.05) is 74.7 Å². The van der Waals surface area contributed by atoms with Crippen LogP contribution in [0.15, 0.2) is 65.2 Å². The summed E-state index contributed by atoms with van der Waals surface area (Å²) in [4.78, 5) is 16.8. The summed E-state index contributed by atoms with van der Waals surface area (Å²) in [5.74, 6) is 0. The molecule has 2 heterocycles. The van der Waals surface area contributed by atoms with Crippen molar-refractivity contribution in [2.24, 2.45) is 5.10 Å². The molecule has 0 aliphatic rings. The molecular weight excluding hydrogens is 398 g/mol. The molecule has 7 nitrogen and oxygen atoms in total. The van der Waals surface area contributed by atoms with Crippen molar-refractivity contribution in [3.63, 3.8) is 0 Å². The first-order valence-corrected chi connectivity index (χ1v) is 10.3. The highest BCUT2D eigenvalue weighted by Crippen LogP contribution is 2.24. The standard InChI is InChI=1S/C22H21N5O2S/c1-22(2,3)29-21(28)27-19-10-9-15(11-17(19)13-24-27)12-23-26-20-25-18(14-30-20)16-7-5-4-6-8-16/h4-14H,1-3H3,(H,25,26). The molecule has 4 aromatic rings. The molecule has 0 amide bonds. The van der Waals surface area contributed by atoms with E-state index >= 15 is 0 Å².